The molecule has 0 radical (unpaired) electrons. The summed E-state index contributed by atoms with van der Waals surface area (Å²) in [6, 6.07) is 0. The van der Waals surface area contributed by atoms with Gasteiger partial charge in [0.25, 0.3) is 6.47 Å². The third kappa shape index (κ3) is 1.74. The molecule has 0 aromatic carbocycles. The van der Waals surface area contributed by atoms with E-state index in [1.54, 1.807) is 0 Å². The molecule has 0 aromatic rings. The smallest absolute Gasteiger partial charge is 0.406 e. The highest BCUT2D eigenvalue weighted by Crippen LogP contribution is 2.53. The second-order valence-electron chi connectivity index (χ2n) is 4.63. The molecule has 0 N–H and O–H groups in total. The number of ether oxygens (including phenoxy) is 1. The molecule has 0 saturated heterocycles. The number of nitrogens with zero attached hydrogens (tertiary/aromatic N) is 1. The van der Waals surface area contributed by atoms with E-state index in [4.69, 9.17) is 0 Å². The predicted octanol–water partition coefficient (Wildman–Crippen LogP) is 3.01. The van der Waals surface area contributed by atoms with E-state index >= 15 is 0 Å². The Morgan fingerprint density at radius 3 is 2.72 bits per heavy atom. The minimum Gasteiger partial charge on any atom is -0.463 e. The SMILES string of the molecule is CC(OC=O)C1(C(F)(F)F)C=NC2=C1CCCC2. The maximum atomic E-state index is 13.4. The molecular weight excluding hydrogens is 247 g/mol. The van der Waals surface area contributed by atoms with Gasteiger partial charge in [-0.1, -0.05) is 0 Å². The second-order valence-corrected chi connectivity index (χ2v) is 4.63. The number of allylic oxidation sites excluding steroid dienone is 1. The number of carbonyl (C=O) groups is 1. The molecule has 0 spiro atoms. The molecule has 2 rings (SSSR count). The van der Waals surface area contributed by atoms with E-state index in [-0.39, 0.29) is 12.0 Å². The summed E-state index contributed by atoms with van der Waals surface area (Å²) in [5.41, 5.74) is -1.44. The monoisotopic (exact) mass is 261 g/mol. The van der Waals surface area contributed by atoms with Crippen molar-refractivity contribution in [1.82, 2.24) is 0 Å². The maximum Gasteiger partial charge on any atom is 0.406 e. The van der Waals surface area contributed by atoms with Gasteiger partial charge in [-0.2, -0.15) is 13.2 Å². The first-order chi connectivity index (χ1) is 8.43. The van der Waals surface area contributed by atoms with E-state index in [2.05, 4.69) is 9.73 Å². The fourth-order valence-corrected chi connectivity index (χ4v) is 2.75. The number of aliphatic imine (C=N–C) groups is 1. The lowest BCUT2D eigenvalue weighted by Gasteiger charge is -2.37. The minimum absolute atomic E-state index is 0.0629. The molecule has 2 atom stereocenters. The number of rotatable bonds is 3. The van der Waals surface area contributed by atoms with E-state index in [0.717, 1.165) is 12.6 Å². The summed E-state index contributed by atoms with van der Waals surface area (Å²) in [6.45, 7) is 1.33. The van der Waals surface area contributed by atoms with E-state index in [0.29, 0.717) is 25.0 Å². The van der Waals surface area contributed by atoms with Crippen molar-refractivity contribution in [1.29, 1.82) is 0 Å². The molecule has 0 bridgehead atoms. The Labute approximate surface area is 103 Å². The third-order valence-corrected chi connectivity index (χ3v) is 3.73. The Hall–Kier alpha value is -1.33. The maximum absolute atomic E-state index is 13.4. The average molecular weight is 261 g/mol. The zero-order valence-electron chi connectivity index (χ0n) is 9.96. The highest BCUT2D eigenvalue weighted by atomic mass is 19.4. The van der Waals surface area contributed by atoms with Gasteiger partial charge in [-0.3, -0.25) is 9.79 Å². The van der Waals surface area contributed by atoms with Gasteiger partial charge in [-0.05, 0) is 38.2 Å². The lowest BCUT2D eigenvalue weighted by Crippen LogP contribution is -2.49. The van der Waals surface area contributed by atoms with Crippen molar-refractivity contribution in [3.8, 4) is 0 Å². The van der Waals surface area contributed by atoms with Gasteiger partial charge in [0, 0.05) is 11.9 Å². The Morgan fingerprint density at radius 2 is 2.11 bits per heavy atom. The van der Waals surface area contributed by atoms with Crippen LogP contribution in [0.4, 0.5) is 13.2 Å². The highest BCUT2D eigenvalue weighted by molar-refractivity contribution is 5.78. The molecule has 1 aliphatic carbocycles. The first-order valence-electron chi connectivity index (χ1n) is 5.87. The van der Waals surface area contributed by atoms with Crippen LogP contribution in [0.1, 0.15) is 32.6 Å². The molecular formula is C12H14F3NO2. The van der Waals surface area contributed by atoms with Crippen molar-refractivity contribution in [2.45, 2.75) is 44.9 Å². The van der Waals surface area contributed by atoms with Crippen LogP contribution in [0.25, 0.3) is 0 Å². The number of alkyl halides is 3. The van der Waals surface area contributed by atoms with E-state index in [9.17, 15) is 18.0 Å². The first kappa shape index (κ1) is 13.1. The van der Waals surface area contributed by atoms with Gasteiger partial charge in [-0.25, -0.2) is 0 Å². The summed E-state index contributed by atoms with van der Waals surface area (Å²) in [6.07, 6.45) is -2.38. The Bertz CT molecular complexity index is 414. The van der Waals surface area contributed by atoms with Crippen LogP contribution < -0.4 is 0 Å². The van der Waals surface area contributed by atoms with Crippen molar-refractivity contribution >= 4 is 12.7 Å². The lowest BCUT2D eigenvalue weighted by molar-refractivity contribution is -0.212. The fourth-order valence-electron chi connectivity index (χ4n) is 2.75. The largest absolute Gasteiger partial charge is 0.463 e. The molecule has 100 valence electrons. The summed E-state index contributed by atoms with van der Waals surface area (Å²) in [5.74, 6) is 0. The predicted molar refractivity (Wildman–Crippen MR) is 59.1 cm³/mol. The summed E-state index contributed by atoms with van der Waals surface area (Å²) < 4.78 is 44.9. The summed E-state index contributed by atoms with van der Waals surface area (Å²) in [4.78, 5) is 14.3. The van der Waals surface area contributed by atoms with Crippen LogP contribution in [0.15, 0.2) is 16.3 Å². The van der Waals surface area contributed by atoms with Gasteiger partial charge in [0.2, 0.25) is 0 Å². The summed E-state index contributed by atoms with van der Waals surface area (Å²) in [7, 11) is 0. The van der Waals surface area contributed by atoms with E-state index in [1.165, 1.54) is 6.92 Å². The van der Waals surface area contributed by atoms with Crippen LogP contribution in [0.5, 0.6) is 0 Å². The number of halogens is 3. The molecule has 0 fully saturated rings. The Morgan fingerprint density at radius 1 is 1.44 bits per heavy atom. The molecule has 18 heavy (non-hydrogen) atoms. The van der Waals surface area contributed by atoms with Gasteiger partial charge in [0.15, 0.2) is 5.41 Å². The molecule has 3 nitrogen and oxygen atoms in total. The molecule has 1 heterocycles. The molecule has 1 aliphatic heterocycles. The van der Waals surface area contributed by atoms with Crippen LogP contribution in [0, 0.1) is 5.41 Å². The zero-order chi connectivity index (χ0) is 13.4. The highest BCUT2D eigenvalue weighted by Gasteiger charge is 2.63. The number of carbonyl (C=O) groups excluding carboxylic acids is 1. The zero-order valence-corrected chi connectivity index (χ0v) is 9.96. The Kier molecular flexibility index (Phi) is 3.21. The van der Waals surface area contributed by atoms with Crippen LogP contribution in [0.2, 0.25) is 0 Å². The Balaban J connectivity index is 2.48. The fraction of sp³-hybridized carbons (Fsp3) is 0.667. The van der Waals surface area contributed by atoms with Crippen molar-refractivity contribution in [3.05, 3.63) is 11.3 Å². The molecule has 0 aromatic heterocycles. The molecule has 0 amide bonds. The van der Waals surface area contributed by atoms with E-state index < -0.39 is 17.7 Å². The summed E-state index contributed by atoms with van der Waals surface area (Å²) >= 11 is 0. The molecule has 6 heteroatoms. The van der Waals surface area contributed by atoms with Crippen LogP contribution >= 0.6 is 0 Å². The topological polar surface area (TPSA) is 38.7 Å². The van der Waals surface area contributed by atoms with Gasteiger partial charge >= 0.3 is 6.18 Å². The minimum atomic E-state index is -4.51. The average Bonchev–Trinajstić information content (AvgIpc) is 2.69. The molecule has 2 aliphatic rings. The van der Waals surface area contributed by atoms with Gasteiger partial charge < -0.3 is 4.74 Å². The van der Waals surface area contributed by atoms with Crippen molar-refractivity contribution in [2.75, 3.05) is 0 Å². The normalized spacial score (nSPS) is 29.1. The number of hydrogen-bond donors (Lipinski definition) is 0. The van der Waals surface area contributed by atoms with Crippen molar-refractivity contribution in [2.24, 2.45) is 10.4 Å². The van der Waals surface area contributed by atoms with E-state index in [1.807, 2.05) is 0 Å². The summed E-state index contributed by atoms with van der Waals surface area (Å²) in [5, 5.41) is 0. The van der Waals surface area contributed by atoms with Crippen LogP contribution in [-0.2, 0) is 9.53 Å². The lowest BCUT2D eigenvalue weighted by atomic mass is 9.72. The van der Waals surface area contributed by atoms with Crippen LogP contribution in [-0.4, -0.2) is 25.0 Å². The van der Waals surface area contributed by atoms with Crippen molar-refractivity contribution in [3.63, 3.8) is 0 Å². The first-order valence-corrected chi connectivity index (χ1v) is 5.87. The molecule has 2 unspecified atom stereocenters. The second kappa shape index (κ2) is 4.40. The number of hydrogen-bond acceptors (Lipinski definition) is 3. The van der Waals surface area contributed by atoms with Gasteiger partial charge in [-0.15, -0.1) is 0 Å². The van der Waals surface area contributed by atoms with Crippen LogP contribution in [0.3, 0.4) is 0 Å². The third-order valence-electron chi connectivity index (χ3n) is 3.73. The molecule has 0 saturated carbocycles. The van der Waals surface area contributed by atoms with Gasteiger partial charge in [0.1, 0.15) is 6.10 Å². The van der Waals surface area contributed by atoms with Crippen molar-refractivity contribution < 1.29 is 22.7 Å². The van der Waals surface area contributed by atoms with Gasteiger partial charge in [0.05, 0.1) is 0 Å². The quantitative estimate of drug-likeness (QED) is 0.732. The standard InChI is InChI=1S/C12H14F3NO2/c1-8(18-7-17)11(12(13,14)15)6-16-10-5-3-2-4-9(10)11/h6-8H,2-5H2,1H3.